The molecule has 1 aliphatic carbocycles. The van der Waals surface area contributed by atoms with Crippen LogP contribution >= 0.6 is 0 Å². The van der Waals surface area contributed by atoms with E-state index in [-0.39, 0.29) is 5.41 Å². The Morgan fingerprint density at radius 3 is 2.54 bits per heavy atom. The van der Waals surface area contributed by atoms with Gasteiger partial charge in [-0.05, 0) is 49.4 Å². The van der Waals surface area contributed by atoms with E-state index >= 15 is 0 Å². The van der Waals surface area contributed by atoms with Crippen molar-refractivity contribution in [3.05, 3.63) is 64.2 Å². The summed E-state index contributed by atoms with van der Waals surface area (Å²) >= 11 is 0. The van der Waals surface area contributed by atoms with Gasteiger partial charge in [-0.15, -0.1) is 0 Å². The van der Waals surface area contributed by atoms with Crippen molar-refractivity contribution in [1.82, 2.24) is 0 Å². The second-order valence-electron chi connectivity index (χ2n) is 7.38. The van der Waals surface area contributed by atoms with E-state index in [1.807, 2.05) is 13.0 Å². The lowest BCUT2D eigenvalue weighted by Gasteiger charge is -2.32. The monoisotopic (exact) mass is 323 g/mol. The Kier molecular flexibility index (Phi) is 4.35. The molecule has 3 nitrogen and oxygen atoms in total. The first-order valence-electron chi connectivity index (χ1n) is 8.46. The first-order valence-corrected chi connectivity index (χ1v) is 8.46. The first kappa shape index (κ1) is 16.6. The maximum atomic E-state index is 10.1. The fourth-order valence-corrected chi connectivity index (χ4v) is 3.14. The highest BCUT2D eigenvalue weighted by atomic mass is 16.6. The zero-order valence-electron chi connectivity index (χ0n) is 14.9. The predicted octanol–water partition coefficient (Wildman–Crippen LogP) is 4.90. The number of rotatable bonds is 3. The summed E-state index contributed by atoms with van der Waals surface area (Å²) in [5.74, 6) is 0.317. The number of phenolic OH excluding ortho intramolecular Hbond substituents is 1. The van der Waals surface area contributed by atoms with Crippen LogP contribution in [0.4, 0.5) is 0 Å². The van der Waals surface area contributed by atoms with Gasteiger partial charge in [-0.2, -0.15) is 0 Å². The summed E-state index contributed by atoms with van der Waals surface area (Å²) in [6, 6.07) is 12.2. The third-order valence-electron chi connectivity index (χ3n) is 4.84. The summed E-state index contributed by atoms with van der Waals surface area (Å²) in [6.07, 6.45) is 2.03. The molecule has 2 aromatic rings. The van der Waals surface area contributed by atoms with Crippen LogP contribution in [0.3, 0.4) is 0 Å². The maximum absolute atomic E-state index is 10.1. The molecule has 3 rings (SSSR count). The van der Waals surface area contributed by atoms with Crippen LogP contribution in [0.5, 0.6) is 5.75 Å². The molecule has 0 bridgehead atoms. The third kappa shape index (κ3) is 3.30. The number of aromatic hydroxyl groups is 1. The van der Waals surface area contributed by atoms with E-state index in [9.17, 15) is 5.11 Å². The average Bonchev–Trinajstić information content (AvgIpc) is 2.53. The van der Waals surface area contributed by atoms with Gasteiger partial charge in [0, 0.05) is 11.0 Å². The van der Waals surface area contributed by atoms with Gasteiger partial charge in [0.1, 0.15) is 12.4 Å². The number of nitrogens with zero attached hydrogens (tertiary/aromatic N) is 1. The van der Waals surface area contributed by atoms with Crippen molar-refractivity contribution in [3.63, 3.8) is 0 Å². The second-order valence-corrected chi connectivity index (χ2v) is 7.38. The Bertz CT molecular complexity index is 773. The van der Waals surface area contributed by atoms with Crippen LogP contribution in [0.25, 0.3) is 0 Å². The average molecular weight is 323 g/mol. The lowest BCUT2D eigenvalue weighted by Crippen LogP contribution is -2.31. The standard InChI is InChI=1S/C21H25NO2/c1-14-5-7-16(8-6-14)13-24-22-20-18-12-19(23)15(2)11-17(18)9-10-21(20,3)4/h5-8,11-12,23H,9-10,13H2,1-4H3. The SMILES string of the molecule is Cc1ccc(CON=C2c3cc(O)c(C)cc3CCC2(C)C)cc1. The molecule has 126 valence electrons. The van der Waals surface area contributed by atoms with Crippen molar-refractivity contribution in [2.45, 2.75) is 47.1 Å². The fraction of sp³-hybridized carbons (Fsp3) is 0.381. The van der Waals surface area contributed by atoms with Crippen LogP contribution in [-0.4, -0.2) is 10.8 Å². The van der Waals surface area contributed by atoms with Gasteiger partial charge >= 0.3 is 0 Å². The van der Waals surface area contributed by atoms with Crippen LogP contribution in [0, 0.1) is 19.3 Å². The first-order chi connectivity index (χ1) is 11.4. The van der Waals surface area contributed by atoms with Crippen LogP contribution in [0.15, 0.2) is 41.6 Å². The third-order valence-corrected chi connectivity index (χ3v) is 4.84. The van der Waals surface area contributed by atoms with Crippen LogP contribution in [0.1, 0.15) is 48.1 Å². The van der Waals surface area contributed by atoms with Gasteiger partial charge in [-0.1, -0.05) is 54.9 Å². The molecule has 0 unspecified atom stereocenters. The zero-order chi connectivity index (χ0) is 17.3. The Morgan fingerprint density at radius 2 is 1.83 bits per heavy atom. The Balaban J connectivity index is 1.87. The summed E-state index contributed by atoms with van der Waals surface area (Å²) in [6.45, 7) is 8.82. The zero-order valence-corrected chi connectivity index (χ0v) is 14.9. The molecule has 0 saturated carbocycles. The maximum Gasteiger partial charge on any atom is 0.142 e. The molecule has 0 spiro atoms. The molecule has 3 heteroatoms. The Labute approximate surface area is 144 Å². The molecule has 0 radical (unpaired) electrons. The molecule has 0 saturated heterocycles. The van der Waals surface area contributed by atoms with Crippen molar-refractivity contribution in [3.8, 4) is 5.75 Å². The number of oxime groups is 1. The van der Waals surface area contributed by atoms with E-state index in [0.717, 1.165) is 35.2 Å². The number of benzene rings is 2. The minimum absolute atomic E-state index is 0.0675. The summed E-state index contributed by atoms with van der Waals surface area (Å²) in [5, 5.41) is 14.6. The Hall–Kier alpha value is -2.29. The summed E-state index contributed by atoms with van der Waals surface area (Å²) in [4.78, 5) is 5.67. The van der Waals surface area contributed by atoms with E-state index in [1.54, 1.807) is 0 Å². The van der Waals surface area contributed by atoms with Gasteiger partial charge in [-0.3, -0.25) is 0 Å². The number of hydrogen-bond acceptors (Lipinski definition) is 3. The molecule has 0 fully saturated rings. The van der Waals surface area contributed by atoms with E-state index in [1.165, 1.54) is 11.1 Å². The number of aryl methyl sites for hydroxylation is 3. The lowest BCUT2D eigenvalue weighted by molar-refractivity contribution is 0.127. The van der Waals surface area contributed by atoms with Gasteiger partial charge in [-0.25, -0.2) is 0 Å². The molecule has 1 aliphatic rings. The summed E-state index contributed by atoms with van der Waals surface area (Å²) < 4.78 is 0. The quantitative estimate of drug-likeness (QED) is 0.816. The topological polar surface area (TPSA) is 41.8 Å². The smallest absolute Gasteiger partial charge is 0.142 e. The van der Waals surface area contributed by atoms with E-state index < -0.39 is 0 Å². The molecule has 24 heavy (non-hydrogen) atoms. The normalized spacial score (nSPS) is 17.6. The minimum Gasteiger partial charge on any atom is -0.508 e. The van der Waals surface area contributed by atoms with Crippen LogP contribution in [-0.2, 0) is 17.9 Å². The number of fused-ring (bicyclic) bond motifs is 1. The molecule has 1 N–H and O–H groups in total. The molecule has 0 amide bonds. The van der Waals surface area contributed by atoms with E-state index in [2.05, 4.69) is 56.3 Å². The highest BCUT2D eigenvalue weighted by molar-refractivity contribution is 6.06. The van der Waals surface area contributed by atoms with Gasteiger partial charge in [0.2, 0.25) is 0 Å². The Morgan fingerprint density at radius 1 is 1.12 bits per heavy atom. The van der Waals surface area contributed by atoms with Crippen LogP contribution in [0.2, 0.25) is 0 Å². The van der Waals surface area contributed by atoms with Gasteiger partial charge in [0.15, 0.2) is 0 Å². The van der Waals surface area contributed by atoms with Crippen molar-refractivity contribution < 1.29 is 9.94 Å². The van der Waals surface area contributed by atoms with Crippen molar-refractivity contribution in [1.29, 1.82) is 0 Å². The lowest BCUT2D eigenvalue weighted by atomic mass is 9.72. The van der Waals surface area contributed by atoms with Crippen LogP contribution < -0.4 is 0 Å². The molecule has 0 aromatic heterocycles. The van der Waals surface area contributed by atoms with E-state index in [0.29, 0.717) is 12.4 Å². The highest BCUT2D eigenvalue weighted by Gasteiger charge is 2.33. The largest absolute Gasteiger partial charge is 0.508 e. The van der Waals surface area contributed by atoms with Gasteiger partial charge < -0.3 is 9.94 Å². The van der Waals surface area contributed by atoms with Gasteiger partial charge in [0.05, 0.1) is 5.71 Å². The molecular weight excluding hydrogens is 298 g/mol. The van der Waals surface area contributed by atoms with E-state index in [4.69, 9.17) is 4.84 Å². The fourth-order valence-electron chi connectivity index (χ4n) is 3.14. The molecule has 0 heterocycles. The number of hydrogen-bond donors (Lipinski definition) is 1. The molecule has 0 aliphatic heterocycles. The van der Waals surface area contributed by atoms with Crippen molar-refractivity contribution >= 4 is 5.71 Å². The second kappa shape index (κ2) is 6.31. The van der Waals surface area contributed by atoms with Crippen molar-refractivity contribution in [2.24, 2.45) is 10.6 Å². The number of phenols is 1. The summed E-state index contributed by atoms with van der Waals surface area (Å²) in [5.41, 5.74) is 6.35. The van der Waals surface area contributed by atoms with Gasteiger partial charge in [0.25, 0.3) is 0 Å². The minimum atomic E-state index is -0.0675. The summed E-state index contributed by atoms with van der Waals surface area (Å²) in [7, 11) is 0. The highest BCUT2D eigenvalue weighted by Crippen LogP contribution is 2.38. The molecule has 2 aromatic carbocycles. The molecule has 0 atom stereocenters. The van der Waals surface area contributed by atoms with Crippen molar-refractivity contribution in [2.75, 3.05) is 0 Å². The predicted molar refractivity (Wildman–Crippen MR) is 97.5 cm³/mol. The molecular formula is C21H25NO2.